The van der Waals surface area contributed by atoms with Crippen LogP contribution in [0.4, 0.5) is 10.1 Å². The molecule has 0 bridgehead atoms. The molecule has 46 heavy (non-hydrogen) atoms. The van der Waals surface area contributed by atoms with Gasteiger partial charge in [0.1, 0.15) is 23.7 Å². The molecule has 4 rings (SSSR count). The van der Waals surface area contributed by atoms with Crippen molar-refractivity contribution in [2.75, 3.05) is 18.0 Å². The molecule has 252 valence electrons. The number of hydrogen-bond donors (Lipinski definition) is 4. The Kier molecular flexibility index (Phi) is 12.6. The standard InChI is InChI=1S/C33H44Cl2FN5O4S/c1-5-20(37)15-21(39-16-22-30(41-45-31(22)18-9-10-18)28-23(34)7-6-8-24(28)35)11-12-46-26-14-19(13-25(36)29(26)38)32(43)40-17-27(42)44-33(2,3)4/h6-8,13-14,18,20-21,23,28,39H,5,9-12,15-17,37-38H2,1-4H3,(H,40,43). The Labute approximate surface area is 284 Å². The zero-order chi connectivity index (χ0) is 33.6. The van der Waals surface area contributed by atoms with Gasteiger partial charge in [-0.3, -0.25) is 9.59 Å². The monoisotopic (exact) mass is 695 g/mol. The van der Waals surface area contributed by atoms with Crippen LogP contribution in [-0.4, -0.2) is 52.4 Å². The molecule has 1 fully saturated rings. The second-order valence-electron chi connectivity index (χ2n) is 12.8. The average molecular weight is 697 g/mol. The fourth-order valence-electron chi connectivity index (χ4n) is 5.19. The Bertz CT molecular complexity index is 1460. The second kappa shape index (κ2) is 16.0. The minimum atomic E-state index is -0.703. The number of halogens is 3. The number of allylic oxidation sites excluding steroid dienone is 4. The lowest BCUT2D eigenvalue weighted by Gasteiger charge is -2.24. The summed E-state index contributed by atoms with van der Waals surface area (Å²) in [5.41, 5.74) is 13.5. The summed E-state index contributed by atoms with van der Waals surface area (Å²) < 4.78 is 25.9. The van der Waals surface area contributed by atoms with Crippen molar-refractivity contribution in [2.45, 2.75) is 106 Å². The predicted molar refractivity (Wildman–Crippen MR) is 182 cm³/mol. The van der Waals surface area contributed by atoms with Gasteiger partial charge >= 0.3 is 5.97 Å². The van der Waals surface area contributed by atoms with Crippen molar-refractivity contribution in [3.8, 4) is 0 Å². The first-order valence-corrected chi connectivity index (χ1v) is 17.4. The van der Waals surface area contributed by atoms with Gasteiger partial charge in [0, 0.05) is 45.6 Å². The van der Waals surface area contributed by atoms with Crippen LogP contribution in [0.1, 0.15) is 99.0 Å². The number of nitrogens with one attached hydrogen (secondary N) is 2. The third-order valence-corrected chi connectivity index (χ3v) is 9.67. The molecule has 1 saturated carbocycles. The van der Waals surface area contributed by atoms with Crippen LogP contribution in [0, 0.1) is 5.82 Å². The first kappa shape index (κ1) is 36.3. The molecule has 1 aromatic carbocycles. The number of ether oxygens (including phenoxy) is 1. The SMILES string of the molecule is CCC(N)CC(CCSc1cc(C(=O)NCC(=O)OC(C)(C)C)cc(F)c1N)NCc1c(C2C(Cl)=CC=CC2Cl)noc1C1CC1. The van der Waals surface area contributed by atoms with E-state index in [1.807, 2.05) is 25.2 Å². The van der Waals surface area contributed by atoms with Crippen molar-refractivity contribution >= 4 is 52.5 Å². The summed E-state index contributed by atoms with van der Waals surface area (Å²) in [4.78, 5) is 25.2. The molecule has 13 heteroatoms. The number of nitrogens with zero attached hydrogens (tertiary/aromatic N) is 1. The lowest BCUT2D eigenvalue weighted by molar-refractivity contribution is -0.153. The van der Waals surface area contributed by atoms with Crippen molar-refractivity contribution in [3.05, 3.63) is 63.8 Å². The van der Waals surface area contributed by atoms with Gasteiger partial charge in [-0.05, 0) is 76.8 Å². The Morgan fingerprint density at radius 1 is 1.28 bits per heavy atom. The van der Waals surface area contributed by atoms with E-state index in [1.165, 1.54) is 17.8 Å². The third-order valence-electron chi connectivity index (χ3n) is 7.83. The Hall–Kier alpha value is -2.57. The van der Waals surface area contributed by atoms with E-state index in [2.05, 4.69) is 15.8 Å². The molecule has 2 aliphatic carbocycles. The molecule has 6 N–H and O–H groups in total. The molecule has 2 aromatic rings. The topological polar surface area (TPSA) is 146 Å². The smallest absolute Gasteiger partial charge is 0.325 e. The van der Waals surface area contributed by atoms with E-state index < -0.39 is 23.3 Å². The zero-order valence-corrected chi connectivity index (χ0v) is 29.0. The van der Waals surface area contributed by atoms with Crippen molar-refractivity contribution < 1.29 is 23.2 Å². The van der Waals surface area contributed by atoms with Crippen LogP contribution < -0.4 is 22.1 Å². The van der Waals surface area contributed by atoms with Crippen LogP contribution >= 0.6 is 35.0 Å². The van der Waals surface area contributed by atoms with Gasteiger partial charge in [0.15, 0.2) is 0 Å². The highest BCUT2D eigenvalue weighted by atomic mass is 35.5. The van der Waals surface area contributed by atoms with Gasteiger partial charge in [-0.1, -0.05) is 35.8 Å². The number of esters is 1. The van der Waals surface area contributed by atoms with E-state index in [4.69, 9.17) is 43.9 Å². The van der Waals surface area contributed by atoms with Crippen molar-refractivity contribution in [1.29, 1.82) is 0 Å². The van der Waals surface area contributed by atoms with Crippen LogP contribution in [0.15, 0.2) is 44.8 Å². The van der Waals surface area contributed by atoms with Gasteiger partial charge in [0.2, 0.25) is 0 Å². The van der Waals surface area contributed by atoms with Gasteiger partial charge in [-0.15, -0.1) is 23.4 Å². The Balaban J connectivity index is 1.42. The summed E-state index contributed by atoms with van der Waals surface area (Å²) >= 11 is 14.6. The second-order valence-corrected chi connectivity index (χ2v) is 14.9. The van der Waals surface area contributed by atoms with E-state index in [1.54, 1.807) is 20.8 Å². The summed E-state index contributed by atoms with van der Waals surface area (Å²) in [5.74, 6) is -0.381. The molecule has 0 radical (unpaired) electrons. The summed E-state index contributed by atoms with van der Waals surface area (Å²) in [5, 5.41) is 10.9. The molecule has 4 unspecified atom stereocenters. The molecule has 9 nitrogen and oxygen atoms in total. The number of rotatable bonds is 15. The first-order valence-electron chi connectivity index (χ1n) is 15.6. The number of nitrogen functional groups attached to an aromatic ring is 1. The molecule has 0 saturated heterocycles. The van der Waals surface area contributed by atoms with Gasteiger partial charge in [0.05, 0.1) is 22.7 Å². The van der Waals surface area contributed by atoms with Crippen LogP contribution in [-0.2, 0) is 16.1 Å². The number of aromatic nitrogens is 1. The summed E-state index contributed by atoms with van der Waals surface area (Å²) in [6, 6.07) is 2.61. The number of benzene rings is 1. The fraction of sp³-hybridized carbons (Fsp3) is 0.545. The number of nitrogens with two attached hydrogens (primary N) is 2. The normalized spacial score (nSPS) is 19.4. The molecular weight excluding hydrogens is 652 g/mol. The number of thioether (sulfide) groups is 1. The lowest BCUT2D eigenvalue weighted by atomic mass is 9.92. The van der Waals surface area contributed by atoms with E-state index in [9.17, 15) is 14.0 Å². The van der Waals surface area contributed by atoms with Crippen LogP contribution in [0.5, 0.6) is 0 Å². The molecule has 1 aromatic heterocycles. The maximum absolute atomic E-state index is 14.8. The van der Waals surface area contributed by atoms with Gasteiger partial charge in [-0.25, -0.2) is 4.39 Å². The number of amides is 1. The van der Waals surface area contributed by atoms with E-state index >= 15 is 0 Å². The van der Waals surface area contributed by atoms with E-state index in [0.717, 1.165) is 48.8 Å². The maximum atomic E-state index is 14.8. The van der Waals surface area contributed by atoms with Crippen LogP contribution in [0.2, 0.25) is 0 Å². The third kappa shape index (κ3) is 9.97. The molecule has 2 aliphatic rings. The van der Waals surface area contributed by atoms with Crippen molar-refractivity contribution in [1.82, 2.24) is 15.8 Å². The number of anilines is 1. The average Bonchev–Trinajstić information content (AvgIpc) is 3.75. The predicted octanol–water partition coefficient (Wildman–Crippen LogP) is 6.50. The molecule has 4 atom stereocenters. The molecule has 0 spiro atoms. The first-order chi connectivity index (χ1) is 21.8. The Morgan fingerprint density at radius 2 is 2.02 bits per heavy atom. The lowest BCUT2D eigenvalue weighted by Crippen LogP contribution is -2.36. The van der Waals surface area contributed by atoms with Crippen molar-refractivity contribution in [2.24, 2.45) is 5.73 Å². The maximum Gasteiger partial charge on any atom is 0.325 e. The fourth-order valence-corrected chi connectivity index (χ4v) is 6.99. The van der Waals surface area contributed by atoms with Crippen LogP contribution in [0.3, 0.4) is 0 Å². The van der Waals surface area contributed by atoms with Gasteiger partial charge < -0.3 is 31.4 Å². The zero-order valence-electron chi connectivity index (χ0n) is 26.7. The van der Waals surface area contributed by atoms with Gasteiger partial charge in [-0.2, -0.15) is 0 Å². The van der Waals surface area contributed by atoms with Gasteiger partial charge in [0.25, 0.3) is 5.91 Å². The number of carbonyl (C=O) groups is 2. The summed E-state index contributed by atoms with van der Waals surface area (Å²) in [6.07, 6.45) is 9.92. The highest BCUT2D eigenvalue weighted by Gasteiger charge is 2.37. The highest BCUT2D eigenvalue weighted by Crippen LogP contribution is 2.46. The molecule has 0 aliphatic heterocycles. The van der Waals surface area contributed by atoms with E-state index in [-0.39, 0.29) is 41.2 Å². The van der Waals surface area contributed by atoms with E-state index in [0.29, 0.717) is 34.6 Å². The highest BCUT2D eigenvalue weighted by molar-refractivity contribution is 7.99. The quantitative estimate of drug-likeness (QED) is 0.0710. The summed E-state index contributed by atoms with van der Waals surface area (Å²) in [7, 11) is 0. The Morgan fingerprint density at radius 3 is 2.67 bits per heavy atom. The molecular formula is C33H44Cl2FN5O4S. The number of alkyl halides is 1. The molecule has 1 amide bonds. The summed E-state index contributed by atoms with van der Waals surface area (Å²) in [6.45, 7) is 7.42. The van der Waals surface area contributed by atoms with Crippen LogP contribution in [0.25, 0.3) is 0 Å². The molecule has 1 heterocycles. The largest absolute Gasteiger partial charge is 0.459 e. The number of carbonyl (C=O) groups excluding carboxylic acids is 2. The minimum absolute atomic E-state index is 0.0139. The minimum Gasteiger partial charge on any atom is -0.459 e. The van der Waals surface area contributed by atoms with Crippen molar-refractivity contribution in [3.63, 3.8) is 0 Å². The number of hydrogen-bond acceptors (Lipinski definition) is 9.